The zero-order valence-corrected chi connectivity index (χ0v) is 17.2. The monoisotopic (exact) mass is 421 g/mol. The first-order valence-electron chi connectivity index (χ1n) is 10.4. The fraction of sp³-hybridized carbons (Fsp3) is 0.292. The van der Waals surface area contributed by atoms with Crippen molar-refractivity contribution in [2.45, 2.75) is 18.9 Å². The number of hydrogen-bond donors (Lipinski definition) is 3. The van der Waals surface area contributed by atoms with Crippen LogP contribution in [0.2, 0.25) is 0 Å². The van der Waals surface area contributed by atoms with E-state index in [2.05, 4.69) is 11.1 Å². The van der Waals surface area contributed by atoms with Crippen molar-refractivity contribution in [2.24, 2.45) is 0 Å². The number of nitrogens with one attached hydrogen (secondary N) is 1. The molecule has 6 nitrogen and oxygen atoms in total. The van der Waals surface area contributed by atoms with Crippen molar-refractivity contribution in [1.29, 1.82) is 0 Å². The summed E-state index contributed by atoms with van der Waals surface area (Å²) in [5.74, 6) is 0.581. The molecule has 1 unspecified atom stereocenters. The van der Waals surface area contributed by atoms with Gasteiger partial charge in [0, 0.05) is 47.8 Å². The van der Waals surface area contributed by atoms with Crippen molar-refractivity contribution >= 4 is 27.6 Å². The summed E-state index contributed by atoms with van der Waals surface area (Å²) in [5.41, 5.74) is 4.45. The van der Waals surface area contributed by atoms with Gasteiger partial charge in [-0.2, -0.15) is 0 Å². The summed E-state index contributed by atoms with van der Waals surface area (Å²) < 4.78 is 19.3. The predicted octanol–water partition coefficient (Wildman–Crippen LogP) is 3.17. The first-order valence-corrected chi connectivity index (χ1v) is 10.4. The highest BCUT2D eigenvalue weighted by atomic mass is 19.1. The number of H-pyrrole nitrogens is 1. The number of benzene rings is 2. The van der Waals surface area contributed by atoms with Crippen LogP contribution in [0.1, 0.15) is 16.8 Å². The quantitative estimate of drug-likeness (QED) is 0.461. The van der Waals surface area contributed by atoms with Crippen LogP contribution in [0, 0.1) is 5.82 Å². The topological polar surface area (TPSA) is 81.6 Å². The van der Waals surface area contributed by atoms with Crippen molar-refractivity contribution in [3.8, 4) is 5.75 Å². The SMILES string of the molecule is COc1ccc(Cc2nc3c(c4c2[nH]c2ccccc24)CC(O)CN3CCO)cc1F. The van der Waals surface area contributed by atoms with Gasteiger partial charge in [-0.25, -0.2) is 9.37 Å². The number of rotatable bonds is 5. The number of nitrogens with zero attached hydrogens (tertiary/aromatic N) is 2. The smallest absolute Gasteiger partial charge is 0.165 e. The highest BCUT2D eigenvalue weighted by molar-refractivity contribution is 6.11. The van der Waals surface area contributed by atoms with Gasteiger partial charge < -0.3 is 24.8 Å². The third kappa shape index (κ3) is 3.40. The molecule has 1 atom stereocenters. The summed E-state index contributed by atoms with van der Waals surface area (Å²) in [4.78, 5) is 10.4. The van der Waals surface area contributed by atoms with Crippen molar-refractivity contribution in [3.05, 3.63) is 65.1 Å². The van der Waals surface area contributed by atoms with Gasteiger partial charge in [-0.05, 0) is 23.8 Å². The van der Waals surface area contributed by atoms with Crippen LogP contribution in [-0.2, 0) is 12.8 Å². The van der Waals surface area contributed by atoms with Crippen molar-refractivity contribution in [3.63, 3.8) is 0 Å². The second kappa shape index (κ2) is 7.83. The molecule has 2 aromatic carbocycles. The van der Waals surface area contributed by atoms with Crippen LogP contribution >= 0.6 is 0 Å². The van der Waals surface area contributed by atoms with Gasteiger partial charge in [0.15, 0.2) is 11.6 Å². The average molecular weight is 421 g/mol. The van der Waals surface area contributed by atoms with Crippen molar-refractivity contribution in [1.82, 2.24) is 9.97 Å². The molecule has 1 aliphatic heterocycles. The predicted molar refractivity (Wildman–Crippen MR) is 118 cm³/mol. The Balaban J connectivity index is 1.73. The van der Waals surface area contributed by atoms with Gasteiger partial charge in [0.25, 0.3) is 0 Å². The van der Waals surface area contributed by atoms with Gasteiger partial charge in [0.05, 0.1) is 31.0 Å². The van der Waals surface area contributed by atoms with Crippen LogP contribution in [0.5, 0.6) is 5.75 Å². The number of anilines is 1. The summed E-state index contributed by atoms with van der Waals surface area (Å²) in [5, 5.41) is 22.1. The number of aromatic nitrogens is 2. The largest absolute Gasteiger partial charge is 0.494 e. The summed E-state index contributed by atoms with van der Waals surface area (Å²) >= 11 is 0. The number of aliphatic hydroxyl groups is 2. The fourth-order valence-electron chi connectivity index (χ4n) is 4.59. The summed E-state index contributed by atoms with van der Waals surface area (Å²) in [6.45, 7) is 0.783. The summed E-state index contributed by atoms with van der Waals surface area (Å²) in [6.07, 6.45) is 0.409. The first-order chi connectivity index (χ1) is 15.1. The highest BCUT2D eigenvalue weighted by Crippen LogP contribution is 2.38. The van der Waals surface area contributed by atoms with E-state index in [0.717, 1.165) is 44.4 Å². The molecule has 4 aromatic rings. The van der Waals surface area contributed by atoms with Crippen LogP contribution in [0.25, 0.3) is 21.8 Å². The Bertz CT molecular complexity index is 1270. The fourth-order valence-corrected chi connectivity index (χ4v) is 4.59. The molecule has 0 saturated carbocycles. The number of ether oxygens (including phenoxy) is 1. The van der Waals surface area contributed by atoms with Crippen LogP contribution < -0.4 is 9.64 Å². The van der Waals surface area contributed by atoms with Crippen molar-refractivity contribution < 1.29 is 19.3 Å². The molecule has 31 heavy (non-hydrogen) atoms. The standard InChI is InChI=1S/C24H24FN3O3/c1-31-21-7-6-14(10-18(21)25)11-20-23-22(16-4-2-3-5-19(16)26-23)17-12-15(30)13-28(8-9-29)24(17)27-20/h2-7,10,15,26,29-30H,8-9,11-13H2,1H3. The maximum atomic E-state index is 14.3. The molecule has 0 spiro atoms. The van der Waals surface area contributed by atoms with E-state index in [4.69, 9.17) is 9.72 Å². The summed E-state index contributed by atoms with van der Waals surface area (Å²) in [7, 11) is 1.45. The minimum atomic E-state index is -0.528. The Morgan fingerprint density at radius 3 is 2.87 bits per heavy atom. The number of β-amino-alcohol motifs (C(OH)–C–C–N with tert-alkyl or cyclic N) is 2. The number of para-hydroxylation sites is 1. The minimum Gasteiger partial charge on any atom is -0.494 e. The Morgan fingerprint density at radius 1 is 1.26 bits per heavy atom. The van der Waals surface area contributed by atoms with Gasteiger partial charge in [-0.1, -0.05) is 24.3 Å². The van der Waals surface area contributed by atoms with E-state index in [1.807, 2.05) is 29.2 Å². The van der Waals surface area contributed by atoms with E-state index in [1.165, 1.54) is 13.2 Å². The molecule has 0 bridgehead atoms. The second-order valence-electron chi connectivity index (χ2n) is 7.95. The molecule has 0 fully saturated rings. The Labute approximate surface area is 178 Å². The molecule has 0 aliphatic carbocycles. The Kier molecular flexibility index (Phi) is 5.00. The molecule has 1 aliphatic rings. The van der Waals surface area contributed by atoms with E-state index in [0.29, 0.717) is 25.9 Å². The van der Waals surface area contributed by atoms with E-state index in [-0.39, 0.29) is 12.4 Å². The molecule has 160 valence electrons. The first kappa shape index (κ1) is 19.8. The molecule has 5 rings (SSSR count). The number of aliphatic hydroxyl groups excluding tert-OH is 2. The van der Waals surface area contributed by atoms with Gasteiger partial charge in [-0.15, -0.1) is 0 Å². The summed E-state index contributed by atoms with van der Waals surface area (Å²) in [6, 6.07) is 13.0. The lowest BCUT2D eigenvalue weighted by Gasteiger charge is -2.33. The molecule has 3 N–H and O–H groups in total. The second-order valence-corrected chi connectivity index (χ2v) is 7.95. The number of halogens is 1. The molecular formula is C24H24FN3O3. The lowest BCUT2D eigenvalue weighted by atomic mass is 9.96. The number of hydrogen-bond acceptors (Lipinski definition) is 5. The molecule has 0 saturated heterocycles. The van der Waals surface area contributed by atoms with E-state index < -0.39 is 11.9 Å². The van der Waals surface area contributed by atoms with E-state index >= 15 is 0 Å². The number of methoxy groups -OCH3 is 1. The average Bonchev–Trinajstić information content (AvgIpc) is 3.15. The van der Waals surface area contributed by atoms with E-state index in [1.54, 1.807) is 6.07 Å². The maximum absolute atomic E-state index is 14.3. The number of pyridine rings is 1. The van der Waals surface area contributed by atoms with Crippen LogP contribution in [0.15, 0.2) is 42.5 Å². The van der Waals surface area contributed by atoms with Gasteiger partial charge in [0.1, 0.15) is 5.82 Å². The van der Waals surface area contributed by atoms with E-state index in [9.17, 15) is 14.6 Å². The van der Waals surface area contributed by atoms with Crippen LogP contribution in [0.3, 0.4) is 0 Å². The maximum Gasteiger partial charge on any atom is 0.165 e. The van der Waals surface area contributed by atoms with Crippen molar-refractivity contribution in [2.75, 3.05) is 31.7 Å². The molecule has 0 amide bonds. The molecule has 3 heterocycles. The zero-order chi connectivity index (χ0) is 21.5. The molecular weight excluding hydrogens is 397 g/mol. The van der Waals surface area contributed by atoms with Crippen LogP contribution in [0.4, 0.5) is 10.2 Å². The third-order valence-electron chi connectivity index (χ3n) is 5.94. The van der Waals surface area contributed by atoms with Gasteiger partial charge in [0.2, 0.25) is 0 Å². The number of aromatic amines is 1. The molecule has 2 aromatic heterocycles. The molecule has 7 heteroatoms. The normalized spacial score (nSPS) is 16.1. The highest BCUT2D eigenvalue weighted by Gasteiger charge is 2.28. The Morgan fingerprint density at radius 2 is 2.10 bits per heavy atom. The van der Waals surface area contributed by atoms with Crippen LogP contribution in [-0.4, -0.2) is 53.1 Å². The minimum absolute atomic E-state index is 0.0290. The third-order valence-corrected chi connectivity index (χ3v) is 5.94. The zero-order valence-electron chi connectivity index (χ0n) is 17.2. The van der Waals surface area contributed by atoms with Gasteiger partial charge in [-0.3, -0.25) is 0 Å². The van der Waals surface area contributed by atoms with Gasteiger partial charge >= 0.3 is 0 Å². The lowest BCUT2D eigenvalue weighted by Crippen LogP contribution is -2.41. The lowest BCUT2D eigenvalue weighted by molar-refractivity contribution is 0.172. The molecule has 0 radical (unpaired) electrons. The number of fused-ring (bicyclic) bond motifs is 5. The Hall–Kier alpha value is -3.16.